The van der Waals surface area contributed by atoms with E-state index in [0.29, 0.717) is 39.6 Å². The number of ether oxygens (including phenoxy) is 4. The third-order valence-electron chi connectivity index (χ3n) is 2.49. The van der Waals surface area contributed by atoms with Crippen LogP contribution in [0.15, 0.2) is 0 Å². The average Bonchev–Trinajstić information content (AvgIpc) is 2.43. The molecule has 0 saturated carbocycles. The summed E-state index contributed by atoms with van der Waals surface area (Å²) in [7, 11) is 1.66. The van der Waals surface area contributed by atoms with Crippen LogP contribution in [0.25, 0.3) is 0 Å². The maximum absolute atomic E-state index is 5.47. The van der Waals surface area contributed by atoms with E-state index in [4.69, 9.17) is 18.9 Å². The fourth-order valence-corrected chi connectivity index (χ4v) is 1.44. The molecule has 0 aliphatic carbocycles. The van der Waals surface area contributed by atoms with Crippen LogP contribution >= 0.6 is 0 Å². The third-order valence-corrected chi connectivity index (χ3v) is 2.49. The van der Waals surface area contributed by atoms with Crippen molar-refractivity contribution in [3.63, 3.8) is 0 Å². The van der Waals surface area contributed by atoms with E-state index in [-0.39, 0.29) is 0 Å². The Labute approximate surface area is 117 Å². The molecule has 0 aliphatic rings. The van der Waals surface area contributed by atoms with Crippen molar-refractivity contribution in [1.29, 1.82) is 0 Å². The Balaban J connectivity index is 2.88. The van der Waals surface area contributed by atoms with E-state index < -0.39 is 0 Å². The van der Waals surface area contributed by atoms with Crippen LogP contribution in [0, 0.1) is 0 Å². The van der Waals surface area contributed by atoms with Crippen LogP contribution in [-0.2, 0) is 18.9 Å². The Morgan fingerprint density at radius 1 is 0.684 bits per heavy atom. The monoisotopic (exact) mass is 277 g/mol. The van der Waals surface area contributed by atoms with Gasteiger partial charge in [0.25, 0.3) is 0 Å². The lowest BCUT2D eigenvalue weighted by Gasteiger charge is -2.07. The molecule has 0 saturated heterocycles. The van der Waals surface area contributed by atoms with Crippen molar-refractivity contribution in [2.45, 2.75) is 26.2 Å². The molecule has 0 radical (unpaired) electrons. The molecular weight excluding hydrogens is 246 g/mol. The highest BCUT2D eigenvalue weighted by Gasteiger charge is 1.92. The standard InChI is InChI=1S/C14H31NO4/c1-3-6-15-7-4-5-8-17-11-12-19-14-13-18-10-9-16-2/h15H,3-14H2,1-2H3. The van der Waals surface area contributed by atoms with Gasteiger partial charge in [0.2, 0.25) is 0 Å². The molecule has 5 nitrogen and oxygen atoms in total. The van der Waals surface area contributed by atoms with Gasteiger partial charge < -0.3 is 24.3 Å². The summed E-state index contributed by atoms with van der Waals surface area (Å²) >= 11 is 0. The summed E-state index contributed by atoms with van der Waals surface area (Å²) in [6.07, 6.45) is 3.48. The van der Waals surface area contributed by atoms with Gasteiger partial charge in [-0.2, -0.15) is 0 Å². The van der Waals surface area contributed by atoms with Gasteiger partial charge in [-0.3, -0.25) is 0 Å². The average molecular weight is 277 g/mol. The molecule has 0 aromatic carbocycles. The van der Waals surface area contributed by atoms with E-state index >= 15 is 0 Å². The Bertz CT molecular complexity index is 142. The molecule has 0 bridgehead atoms. The second kappa shape index (κ2) is 17.8. The quantitative estimate of drug-likeness (QED) is 0.433. The second-order valence-corrected chi connectivity index (χ2v) is 4.29. The zero-order valence-corrected chi connectivity index (χ0v) is 12.6. The van der Waals surface area contributed by atoms with Crippen LogP contribution in [0.1, 0.15) is 26.2 Å². The molecule has 0 atom stereocenters. The minimum absolute atomic E-state index is 0.618. The Morgan fingerprint density at radius 2 is 1.26 bits per heavy atom. The summed E-state index contributed by atoms with van der Waals surface area (Å²) < 4.78 is 21.0. The van der Waals surface area contributed by atoms with E-state index in [9.17, 15) is 0 Å². The van der Waals surface area contributed by atoms with Crippen molar-refractivity contribution in [3.05, 3.63) is 0 Å². The lowest BCUT2D eigenvalue weighted by Crippen LogP contribution is -2.16. The molecule has 0 aromatic heterocycles. The normalized spacial score (nSPS) is 11.1. The molecule has 116 valence electrons. The van der Waals surface area contributed by atoms with Gasteiger partial charge in [-0.15, -0.1) is 0 Å². The first kappa shape index (κ1) is 18.8. The number of unbranched alkanes of at least 4 members (excludes halogenated alkanes) is 1. The van der Waals surface area contributed by atoms with Crippen LogP contribution in [-0.4, -0.2) is 66.4 Å². The summed E-state index contributed by atoms with van der Waals surface area (Å²) in [4.78, 5) is 0. The summed E-state index contributed by atoms with van der Waals surface area (Å²) in [5.74, 6) is 0. The zero-order valence-electron chi connectivity index (χ0n) is 12.6. The lowest BCUT2D eigenvalue weighted by molar-refractivity contribution is 0.00329. The molecule has 0 fully saturated rings. The van der Waals surface area contributed by atoms with Crippen molar-refractivity contribution in [1.82, 2.24) is 5.32 Å². The Morgan fingerprint density at radius 3 is 1.84 bits per heavy atom. The number of nitrogens with one attached hydrogen (secondary N) is 1. The van der Waals surface area contributed by atoms with Crippen LogP contribution < -0.4 is 5.32 Å². The summed E-state index contributed by atoms with van der Waals surface area (Å²) in [5, 5.41) is 3.37. The fraction of sp³-hybridized carbons (Fsp3) is 1.00. The molecule has 0 spiro atoms. The van der Waals surface area contributed by atoms with Gasteiger partial charge in [0.15, 0.2) is 0 Å². The Hall–Kier alpha value is -0.200. The van der Waals surface area contributed by atoms with Gasteiger partial charge in [0.1, 0.15) is 0 Å². The van der Waals surface area contributed by atoms with Gasteiger partial charge in [-0.1, -0.05) is 6.92 Å². The van der Waals surface area contributed by atoms with Gasteiger partial charge in [0.05, 0.1) is 39.6 Å². The molecule has 5 heteroatoms. The first-order valence-electron chi connectivity index (χ1n) is 7.34. The molecule has 0 unspecified atom stereocenters. The van der Waals surface area contributed by atoms with Crippen molar-refractivity contribution >= 4 is 0 Å². The topological polar surface area (TPSA) is 49.0 Å². The maximum Gasteiger partial charge on any atom is 0.0701 e. The fourth-order valence-electron chi connectivity index (χ4n) is 1.44. The van der Waals surface area contributed by atoms with E-state index in [1.165, 1.54) is 12.8 Å². The van der Waals surface area contributed by atoms with Gasteiger partial charge in [-0.25, -0.2) is 0 Å². The zero-order chi connectivity index (χ0) is 14.0. The minimum Gasteiger partial charge on any atom is -0.382 e. The third kappa shape index (κ3) is 17.8. The lowest BCUT2D eigenvalue weighted by atomic mass is 10.3. The van der Waals surface area contributed by atoms with Crippen molar-refractivity contribution in [3.8, 4) is 0 Å². The van der Waals surface area contributed by atoms with Crippen molar-refractivity contribution in [2.75, 3.05) is 66.4 Å². The molecule has 0 aliphatic heterocycles. The summed E-state index contributed by atoms with van der Waals surface area (Å²) in [5.41, 5.74) is 0. The predicted octanol–water partition coefficient (Wildman–Crippen LogP) is 1.46. The van der Waals surface area contributed by atoms with E-state index in [2.05, 4.69) is 12.2 Å². The smallest absolute Gasteiger partial charge is 0.0701 e. The van der Waals surface area contributed by atoms with Crippen molar-refractivity contribution < 1.29 is 18.9 Å². The first-order chi connectivity index (χ1) is 9.41. The largest absolute Gasteiger partial charge is 0.382 e. The van der Waals surface area contributed by atoms with E-state index in [0.717, 1.165) is 26.1 Å². The van der Waals surface area contributed by atoms with Crippen LogP contribution in [0.3, 0.4) is 0 Å². The predicted molar refractivity (Wildman–Crippen MR) is 76.7 cm³/mol. The van der Waals surface area contributed by atoms with Gasteiger partial charge in [0, 0.05) is 13.7 Å². The number of hydrogen-bond donors (Lipinski definition) is 1. The van der Waals surface area contributed by atoms with E-state index in [1.807, 2.05) is 0 Å². The Kier molecular flexibility index (Phi) is 17.6. The SMILES string of the molecule is CCCNCCCCOCCOCCOCCOC. The maximum atomic E-state index is 5.47. The molecule has 0 aromatic rings. The molecule has 1 N–H and O–H groups in total. The molecule has 0 amide bonds. The van der Waals surface area contributed by atoms with Gasteiger partial charge >= 0.3 is 0 Å². The first-order valence-corrected chi connectivity index (χ1v) is 7.34. The summed E-state index contributed by atoms with van der Waals surface area (Å²) in [6, 6.07) is 0. The number of methoxy groups -OCH3 is 1. The molecule has 0 rings (SSSR count). The van der Waals surface area contributed by atoms with E-state index in [1.54, 1.807) is 7.11 Å². The summed E-state index contributed by atoms with van der Waals surface area (Å²) in [6.45, 7) is 9.01. The molecule has 19 heavy (non-hydrogen) atoms. The molecule has 0 heterocycles. The van der Waals surface area contributed by atoms with Crippen molar-refractivity contribution in [2.24, 2.45) is 0 Å². The second-order valence-electron chi connectivity index (χ2n) is 4.29. The number of rotatable bonds is 16. The highest BCUT2D eigenvalue weighted by atomic mass is 16.6. The van der Waals surface area contributed by atoms with Crippen LogP contribution in [0.2, 0.25) is 0 Å². The van der Waals surface area contributed by atoms with Crippen LogP contribution in [0.5, 0.6) is 0 Å². The van der Waals surface area contributed by atoms with Crippen LogP contribution in [0.4, 0.5) is 0 Å². The minimum atomic E-state index is 0.618. The van der Waals surface area contributed by atoms with Gasteiger partial charge in [-0.05, 0) is 32.4 Å². The highest BCUT2D eigenvalue weighted by Crippen LogP contribution is 1.89. The highest BCUT2D eigenvalue weighted by molar-refractivity contribution is 4.46. The number of hydrogen-bond acceptors (Lipinski definition) is 5. The molecular formula is C14H31NO4.